The SMILES string of the molecule is Cc1ccc(Cn2c(CCCNC(=O)COc3cc(C)ccc3C)nc3ccccc32)cc1. The van der Waals surface area contributed by atoms with Gasteiger partial charge in [-0.3, -0.25) is 4.79 Å². The first-order valence-electron chi connectivity index (χ1n) is 11.5. The van der Waals surface area contributed by atoms with Gasteiger partial charge in [0.1, 0.15) is 11.6 Å². The van der Waals surface area contributed by atoms with Gasteiger partial charge in [-0.1, -0.05) is 54.1 Å². The van der Waals surface area contributed by atoms with E-state index in [0.717, 1.165) is 53.1 Å². The van der Waals surface area contributed by atoms with Gasteiger partial charge in [0, 0.05) is 19.5 Å². The fraction of sp³-hybridized carbons (Fsp3) is 0.286. The summed E-state index contributed by atoms with van der Waals surface area (Å²) in [4.78, 5) is 17.1. The highest BCUT2D eigenvalue weighted by Crippen LogP contribution is 2.20. The van der Waals surface area contributed by atoms with Crippen LogP contribution in [0.1, 0.15) is 34.5 Å². The van der Waals surface area contributed by atoms with Crippen LogP contribution in [-0.2, 0) is 17.8 Å². The molecule has 1 amide bonds. The third-order valence-electron chi connectivity index (χ3n) is 5.80. The minimum absolute atomic E-state index is 0.0240. The molecular weight excluding hydrogens is 410 g/mol. The van der Waals surface area contributed by atoms with Gasteiger partial charge in [0.15, 0.2) is 6.61 Å². The summed E-state index contributed by atoms with van der Waals surface area (Å²) < 4.78 is 7.98. The number of imidazole rings is 1. The van der Waals surface area contributed by atoms with E-state index < -0.39 is 0 Å². The Morgan fingerprint density at radius 1 is 0.970 bits per heavy atom. The number of fused-ring (bicyclic) bond motifs is 1. The second-order valence-corrected chi connectivity index (χ2v) is 8.60. The number of aryl methyl sites for hydroxylation is 4. The normalized spacial score (nSPS) is 11.0. The van der Waals surface area contributed by atoms with E-state index in [-0.39, 0.29) is 12.5 Å². The first-order valence-corrected chi connectivity index (χ1v) is 11.5. The Balaban J connectivity index is 1.34. The molecule has 4 rings (SSSR count). The summed E-state index contributed by atoms with van der Waals surface area (Å²) in [6.07, 6.45) is 1.60. The van der Waals surface area contributed by atoms with Crippen molar-refractivity contribution in [2.24, 2.45) is 0 Å². The lowest BCUT2D eigenvalue weighted by molar-refractivity contribution is -0.123. The second kappa shape index (κ2) is 10.3. The van der Waals surface area contributed by atoms with E-state index in [9.17, 15) is 4.79 Å². The van der Waals surface area contributed by atoms with Crippen LogP contribution in [0.5, 0.6) is 5.75 Å². The molecule has 1 N–H and O–H groups in total. The van der Waals surface area contributed by atoms with E-state index in [4.69, 9.17) is 9.72 Å². The first kappa shape index (κ1) is 22.6. The molecule has 4 aromatic rings. The Bertz CT molecular complexity index is 1240. The molecular formula is C28H31N3O2. The molecule has 0 saturated carbocycles. The van der Waals surface area contributed by atoms with Crippen molar-refractivity contribution >= 4 is 16.9 Å². The minimum Gasteiger partial charge on any atom is -0.483 e. The predicted molar refractivity (Wildman–Crippen MR) is 133 cm³/mol. The number of hydrogen-bond donors (Lipinski definition) is 1. The van der Waals surface area contributed by atoms with Gasteiger partial charge in [-0.05, 0) is 62.1 Å². The van der Waals surface area contributed by atoms with Crippen molar-refractivity contribution in [3.8, 4) is 5.75 Å². The van der Waals surface area contributed by atoms with Crippen molar-refractivity contribution < 1.29 is 9.53 Å². The highest BCUT2D eigenvalue weighted by atomic mass is 16.5. The van der Waals surface area contributed by atoms with Crippen LogP contribution in [-0.4, -0.2) is 28.6 Å². The van der Waals surface area contributed by atoms with Crippen molar-refractivity contribution in [2.75, 3.05) is 13.2 Å². The number of carbonyl (C=O) groups excluding carboxylic acids is 1. The standard InChI is InChI=1S/C28H31N3O2/c1-20-11-14-23(15-12-20)18-31-25-8-5-4-7-24(25)30-27(31)9-6-16-29-28(32)19-33-26-17-21(2)10-13-22(26)3/h4-5,7-8,10-15,17H,6,9,16,18-19H2,1-3H3,(H,29,32). The number of benzene rings is 3. The lowest BCUT2D eigenvalue weighted by atomic mass is 10.1. The highest BCUT2D eigenvalue weighted by Gasteiger charge is 2.11. The summed E-state index contributed by atoms with van der Waals surface area (Å²) >= 11 is 0. The molecule has 5 nitrogen and oxygen atoms in total. The summed E-state index contributed by atoms with van der Waals surface area (Å²) in [5.74, 6) is 1.69. The van der Waals surface area contributed by atoms with Gasteiger partial charge in [-0.15, -0.1) is 0 Å². The molecule has 0 saturated heterocycles. The summed E-state index contributed by atoms with van der Waals surface area (Å²) in [5, 5.41) is 2.97. The van der Waals surface area contributed by atoms with E-state index in [1.807, 2.05) is 38.1 Å². The molecule has 0 radical (unpaired) electrons. The van der Waals surface area contributed by atoms with Crippen LogP contribution in [0.3, 0.4) is 0 Å². The number of amides is 1. The average Bonchev–Trinajstić information content (AvgIpc) is 3.16. The van der Waals surface area contributed by atoms with Gasteiger partial charge in [-0.2, -0.15) is 0 Å². The molecule has 3 aromatic carbocycles. The van der Waals surface area contributed by atoms with Crippen LogP contribution < -0.4 is 10.1 Å². The number of rotatable bonds is 9. The second-order valence-electron chi connectivity index (χ2n) is 8.60. The molecule has 5 heteroatoms. The quantitative estimate of drug-likeness (QED) is 0.366. The van der Waals surface area contributed by atoms with Crippen molar-refractivity contribution in [3.05, 3.63) is 94.8 Å². The summed E-state index contributed by atoms with van der Waals surface area (Å²) in [7, 11) is 0. The molecule has 0 atom stereocenters. The lowest BCUT2D eigenvalue weighted by Crippen LogP contribution is -2.30. The number of carbonyl (C=O) groups is 1. The Morgan fingerprint density at radius 3 is 2.55 bits per heavy atom. The van der Waals surface area contributed by atoms with Crippen LogP contribution in [0.4, 0.5) is 0 Å². The number of ether oxygens (including phenoxy) is 1. The van der Waals surface area contributed by atoms with Gasteiger partial charge in [-0.25, -0.2) is 4.98 Å². The number of nitrogens with one attached hydrogen (secondary N) is 1. The van der Waals surface area contributed by atoms with E-state index in [0.29, 0.717) is 6.54 Å². The minimum atomic E-state index is -0.107. The largest absolute Gasteiger partial charge is 0.483 e. The van der Waals surface area contributed by atoms with Gasteiger partial charge in [0.25, 0.3) is 5.91 Å². The molecule has 0 aliphatic heterocycles. The summed E-state index contributed by atoms with van der Waals surface area (Å²) in [5.41, 5.74) is 6.80. The maximum absolute atomic E-state index is 12.2. The molecule has 0 fully saturated rings. The van der Waals surface area contributed by atoms with Crippen molar-refractivity contribution in [2.45, 2.75) is 40.2 Å². The molecule has 0 unspecified atom stereocenters. The van der Waals surface area contributed by atoms with Crippen LogP contribution >= 0.6 is 0 Å². The zero-order valence-corrected chi connectivity index (χ0v) is 19.6. The third kappa shape index (κ3) is 5.80. The average molecular weight is 442 g/mol. The topological polar surface area (TPSA) is 56.2 Å². The van der Waals surface area contributed by atoms with Gasteiger partial charge >= 0.3 is 0 Å². The van der Waals surface area contributed by atoms with E-state index >= 15 is 0 Å². The van der Waals surface area contributed by atoms with E-state index in [1.165, 1.54) is 11.1 Å². The number of para-hydroxylation sites is 2. The molecule has 0 spiro atoms. The monoisotopic (exact) mass is 441 g/mol. The van der Waals surface area contributed by atoms with Crippen molar-refractivity contribution in [1.29, 1.82) is 0 Å². The number of hydrogen-bond acceptors (Lipinski definition) is 3. The van der Waals surface area contributed by atoms with E-state index in [1.54, 1.807) is 0 Å². The fourth-order valence-electron chi connectivity index (χ4n) is 3.90. The molecule has 1 heterocycles. The smallest absolute Gasteiger partial charge is 0.257 e. The highest BCUT2D eigenvalue weighted by molar-refractivity contribution is 5.77. The number of aromatic nitrogens is 2. The number of nitrogens with zero attached hydrogens (tertiary/aromatic N) is 2. The Morgan fingerprint density at radius 2 is 1.73 bits per heavy atom. The zero-order chi connectivity index (χ0) is 23.2. The van der Waals surface area contributed by atoms with Crippen LogP contribution in [0.15, 0.2) is 66.7 Å². The van der Waals surface area contributed by atoms with Crippen molar-refractivity contribution in [3.63, 3.8) is 0 Å². The maximum Gasteiger partial charge on any atom is 0.257 e. The summed E-state index contributed by atoms with van der Waals surface area (Å²) in [6, 6.07) is 22.9. The predicted octanol–water partition coefficient (Wildman–Crippen LogP) is 5.14. The Labute approximate surface area is 195 Å². The molecule has 0 aliphatic rings. The molecule has 1 aromatic heterocycles. The Hall–Kier alpha value is -3.60. The maximum atomic E-state index is 12.2. The van der Waals surface area contributed by atoms with Gasteiger partial charge < -0.3 is 14.6 Å². The zero-order valence-electron chi connectivity index (χ0n) is 19.6. The Kier molecular flexibility index (Phi) is 7.08. The van der Waals surface area contributed by atoms with Crippen LogP contribution in [0.25, 0.3) is 11.0 Å². The molecule has 0 bridgehead atoms. The first-order chi connectivity index (χ1) is 16.0. The van der Waals surface area contributed by atoms with Crippen LogP contribution in [0.2, 0.25) is 0 Å². The van der Waals surface area contributed by atoms with Gasteiger partial charge in [0.05, 0.1) is 11.0 Å². The fourth-order valence-corrected chi connectivity index (χ4v) is 3.90. The molecule has 0 aliphatic carbocycles. The van der Waals surface area contributed by atoms with Crippen LogP contribution in [0, 0.1) is 20.8 Å². The third-order valence-corrected chi connectivity index (χ3v) is 5.80. The molecule has 33 heavy (non-hydrogen) atoms. The van der Waals surface area contributed by atoms with E-state index in [2.05, 4.69) is 59.3 Å². The van der Waals surface area contributed by atoms with Gasteiger partial charge in [0.2, 0.25) is 0 Å². The lowest BCUT2D eigenvalue weighted by Gasteiger charge is -2.11. The van der Waals surface area contributed by atoms with Crippen molar-refractivity contribution in [1.82, 2.24) is 14.9 Å². The molecule has 170 valence electrons. The summed E-state index contributed by atoms with van der Waals surface area (Å²) in [6.45, 7) is 7.49.